The molecule has 6 heteroatoms. The lowest BCUT2D eigenvalue weighted by atomic mass is 9.78. The summed E-state index contributed by atoms with van der Waals surface area (Å²) in [6, 6.07) is 23.2. The molecule has 0 radical (unpaired) electrons. The van der Waals surface area contributed by atoms with Crippen molar-refractivity contribution in [3.05, 3.63) is 95.3 Å². The number of rotatable bonds is 7. The molecule has 3 N–H and O–H groups in total. The van der Waals surface area contributed by atoms with Gasteiger partial charge in [0.2, 0.25) is 0 Å². The van der Waals surface area contributed by atoms with Crippen LogP contribution >= 0.6 is 0 Å². The summed E-state index contributed by atoms with van der Waals surface area (Å²) >= 11 is 0. The standard InChI is InChI=1S/C29H34FN3O2/c1-28(2,3)35-27(34)29(16-17-32-20-29)23-14-15-24(31)26(25(23)30)33(18-21-10-6-4-7-11-21)19-22-12-8-5-9-13-22/h4-15,32H,16-20,31H2,1-3H3. The first-order valence-electron chi connectivity index (χ1n) is 12.0. The number of hydrogen-bond acceptors (Lipinski definition) is 5. The molecule has 0 spiro atoms. The molecule has 1 saturated heterocycles. The van der Waals surface area contributed by atoms with E-state index in [2.05, 4.69) is 5.32 Å². The molecular formula is C29H34FN3O2. The number of carbonyl (C=O) groups excluding carboxylic acids is 1. The molecule has 0 amide bonds. The van der Waals surface area contributed by atoms with E-state index in [-0.39, 0.29) is 0 Å². The predicted octanol–water partition coefficient (Wildman–Crippen LogP) is 5.19. The summed E-state index contributed by atoms with van der Waals surface area (Å²) in [6.45, 7) is 7.35. The van der Waals surface area contributed by atoms with Gasteiger partial charge < -0.3 is 20.7 Å². The van der Waals surface area contributed by atoms with Gasteiger partial charge in [-0.15, -0.1) is 0 Å². The summed E-state index contributed by atoms with van der Waals surface area (Å²) in [4.78, 5) is 15.4. The Morgan fingerprint density at radius 1 is 1.00 bits per heavy atom. The van der Waals surface area contributed by atoms with Gasteiger partial charge in [0.25, 0.3) is 0 Å². The first kappa shape index (κ1) is 24.7. The van der Waals surface area contributed by atoms with E-state index in [0.29, 0.717) is 49.5 Å². The number of nitrogens with zero attached hydrogens (tertiary/aromatic N) is 1. The number of esters is 1. The fourth-order valence-corrected chi connectivity index (χ4v) is 4.67. The van der Waals surface area contributed by atoms with Crippen molar-refractivity contribution in [2.75, 3.05) is 23.7 Å². The van der Waals surface area contributed by atoms with Crippen LogP contribution in [0.15, 0.2) is 72.8 Å². The van der Waals surface area contributed by atoms with Crippen molar-refractivity contribution >= 4 is 17.3 Å². The molecule has 4 rings (SSSR count). The average molecular weight is 476 g/mol. The molecule has 1 aliphatic rings. The fourth-order valence-electron chi connectivity index (χ4n) is 4.67. The maximum atomic E-state index is 16.5. The Kier molecular flexibility index (Phi) is 7.13. The maximum absolute atomic E-state index is 16.5. The van der Waals surface area contributed by atoms with Crippen LogP contribution in [0.1, 0.15) is 43.9 Å². The highest BCUT2D eigenvalue weighted by Gasteiger charge is 2.48. The lowest BCUT2D eigenvalue weighted by Gasteiger charge is -2.33. The van der Waals surface area contributed by atoms with Gasteiger partial charge in [0.05, 0.1) is 11.4 Å². The van der Waals surface area contributed by atoms with Gasteiger partial charge in [-0.1, -0.05) is 66.7 Å². The van der Waals surface area contributed by atoms with Gasteiger partial charge in [-0.2, -0.15) is 0 Å². The zero-order valence-corrected chi connectivity index (χ0v) is 20.7. The van der Waals surface area contributed by atoms with E-state index in [1.165, 1.54) is 0 Å². The summed E-state index contributed by atoms with van der Waals surface area (Å²) in [5.74, 6) is -0.881. The Balaban J connectivity index is 1.80. The molecule has 1 unspecified atom stereocenters. The van der Waals surface area contributed by atoms with Crippen molar-refractivity contribution in [2.24, 2.45) is 0 Å². The quantitative estimate of drug-likeness (QED) is 0.364. The second-order valence-electron chi connectivity index (χ2n) is 10.2. The minimum Gasteiger partial charge on any atom is -0.459 e. The number of nitrogens with one attached hydrogen (secondary N) is 1. The molecule has 3 aromatic rings. The normalized spacial score (nSPS) is 17.8. The van der Waals surface area contributed by atoms with Crippen molar-refractivity contribution in [1.82, 2.24) is 5.32 Å². The van der Waals surface area contributed by atoms with Crippen molar-refractivity contribution in [2.45, 2.75) is 51.3 Å². The number of nitrogen functional groups attached to an aromatic ring is 1. The fraction of sp³-hybridized carbons (Fsp3) is 0.345. The third kappa shape index (κ3) is 5.49. The minimum atomic E-state index is -1.11. The molecule has 1 fully saturated rings. The molecule has 3 aromatic carbocycles. The van der Waals surface area contributed by atoms with Crippen LogP contribution in [0.4, 0.5) is 15.8 Å². The van der Waals surface area contributed by atoms with Crippen molar-refractivity contribution < 1.29 is 13.9 Å². The third-order valence-corrected chi connectivity index (χ3v) is 6.36. The number of benzene rings is 3. The van der Waals surface area contributed by atoms with Crippen LogP contribution < -0.4 is 16.0 Å². The SMILES string of the molecule is CC(C)(C)OC(=O)C1(c2ccc(N)c(N(Cc3ccccc3)Cc3ccccc3)c2F)CCNC1. The zero-order valence-electron chi connectivity index (χ0n) is 20.7. The molecule has 35 heavy (non-hydrogen) atoms. The molecule has 0 aliphatic carbocycles. The lowest BCUT2D eigenvalue weighted by Crippen LogP contribution is -2.43. The molecule has 0 bridgehead atoms. The second kappa shape index (κ2) is 10.1. The summed E-state index contributed by atoms with van der Waals surface area (Å²) in [5, 5.41) is 3.24. The van der Waals surface area contributed by atoms with E-state index in [4.69, 9.17) is 10.5 Å². The predicted molar refractivity (Wildman–Crippen MR) is 139 cm³/mol. The van der Waals surface area contributed by atoms with Gasteiger partial charge in [0.1, 0.15) is 11.0 Å². The van der Waals surface area contributed by atoms with E-state index in [0.717, 1.165) is 11.1 Å². The maximum Gasteiger partial charge on any atom is 0.318 e. The van der Waals surface area contributed by atoms with Gasteiger partial charge in [-0.05, 0) is 50.9 Å². The van der Waals surface area contributed by atoms with Crippen LogP contribution in [0.2, 0.25) is 0 Å². The summed E-state index contributed by atoms with van der Waals surface area (Å²) in [6.07, 6.45) is 0.458. The second-order valence-corrected chi connectivity index (χ2v) is 10.2. The number of halogens is 1. The average Bonchev–Trinajstić information content (AvgIpc) is 3.30. The Bertz CT molecular complexity index is 1110. The van der Waals surface area contributed by atoms with Crippen molar-refractivity contribution in [3.8, 4) is 0 Å². The molecular weight excluding hydrogens is 441 g/mol. The highest BCUT2D eigenvalue weighted by atomic mass is 19.1. The van der Waals surface area contributed by atoms with Gasteiger partial charge in [0, 0.05) is 25.2 Å². The molecule has 1 aliphatic heterocycles. The largest absolute Gasteiger partial charge is 0.459 e. The highest BCUT2D eigenvalue weighted by Crippen LogP contribution is 2.41. The number of nitrogens with two attached hydrogens (primary N) is 1. The van der Waals surface area contributed by atoms with E-state index in [9.17, 15) is 4.79 Å². The first-order chi connectivity index (χ1) is 16.7. The monoisotopic (exact) mass is 475 g/mol. The van der Waals surface area contributed by atoms with Crippen LogP contribution in [-0.4, -0.2) is 24.7 Å². The Morgan fingerprint density at radius 3 is 2.06 bits per heavy atom. The summed E-state index contributed by atoms with van der Waals surface area (Å²) in [5.41, 5.74) is 7.67. The van der Waals surface area contributed by atoms with Crippen LogP contribution in [0.5, 0.6) is 0 Å². The molecule has 1 atom stereocenters. The molecule has 0 aromatic heterocycles. The van der Waals surface area contributed by atoms with E-state index >= 15 is 4.39 Å². The van der Waals surface area contributed by atoms with E-state index in [1.54, 1.807) is 12.1 Å². The number of hydrogen-bond donors (Lipinski definition) is 2. The van der Waals surface area contributed by atoms with Crippen LogP contribution in [0, 0.1) is 5.82 Å². The first-order valence-corrected chi connectivity index (χ1v) is 12.0. The Hall–Kier alpha value is -3.38. The van der Waals surface area contributed by atoms with Gasteiger partial charge in [0.15, 0.2) is 5.82 Å². The van der Waals surface area contributed by atoms with Crippen molar-refractivity contribution in [1.29, 1.82) is 0 Å². The Labute approximate surface area is 207 Å². The number of ether oxygens (including phenoxy) is 1. The van der Waals surface area contributed by atoms with Crippen LogP contribution in [-0.2, 0) is 28.0 Å². The van der Waals surface area contributed by atoms with E-state index < -0.39 is 22.8 Å². The third-order valence-electron chi connectivity index (χ3n) is 6.36. The molecule has 184 valence electrons. The van der Waals surface area contributed by atoms with Gasteiger partial charge in [-0.3, -0.25) is 4.79 Å². The van der Waals surface area contributed by atoms with Gasteiger partial charge >= 0.3 is 5.97 Å². The highest BCUT2D eigenvalue weighted by molar-refractivity contribution is 5.86. The number of anilines is 2. The number of carbonyl (C=O) groups is 1. The van der Waals surface area contributed by atoms with Crippen LogP contribution in [0.25, 0.3) is 0 Å². The minimum absolute atomic E-state index is 0.310. The molecule has 0 saturated carbocycles. The van der Waals surface area contributed by atoms with Crippen molar-refractivity contribution in [3.63, 3.8) is 0 Å². The molecule has 1 heterocycles. The summed E-state index contributed by atoms with van der Waals surface area (Å²) in [7, 11) is 0. The van der Waals surface area contributed by atoms with Crippen LogP contribution in [0.3, 0.4) is 0 Å². The van der Waals surface area contributed by atoms with E-state index in [1.807, 2.05) is 86.3 Å². The van der Waals surface area contributed by atoms with Gasteiger partial charge in [-0.25, -0.2) is 4.39 Å². The zero-order chi connectivity index (χ0) is 25.1. The Morgan fingerprint density at radius 2 is 1.57 bits per heavy atom. The smallest absolute Gasteiger partial charge is 0.318 e. The summed E-state index contributed by atoms with van der Waals surface area (Å²) < 4.78 is 22.3. The topological polar surface area (TPSA) is 67.6 Å². The molecule has 5 nitrogen and oxygen atoms in total. The lowest BCUT2D eigenvalue weighted by molar-refractivity contribution is -0.161.